The van der Waals surface area contributed by atoms with Crippen LogP contribution >= 0.6 is 12.2 Å². The minimum Gasteiger partial charge on any atom is -0.389 e. The molecule has 0 spiro atoms. The van der Waals surface area contributed by atoms with Crippen LogP contribution in [0.5, 0.6) is 0 Å². The first-order valence-electron chi connectivity index (χ1n) is 4.95. The molecule has 0 aromatic heterocycles. The molecule has 0 fully saturated rings. The molecule has 88 valence electrons. The third-order valence-electron chi connectivity index (χ3n) is 2.23. The zero-order valence-electron chi connectivity index (χ0n) is 9.45. The Bertz CT molecular complexity index is 418. The lowest BCUT2D eigenvalue weighted by molar-refractivity contribution is 0.687. The molecule has 1 atom stereocenters. The van der Waals surface area contributed by atoms with Crippen molar-refractivity contribution in [2.75, 3.05) is 23.9 Å². The quantitative estimate of drug-likeness (QED) is 0.782. The average molecular weight is 256 g/mol. The fourth-order valence-corrected chi connectivity index (χ4v) is 1.99. The van der Waals surface area contributed by atoms with E-state index in [9.17, 15) is 4.21 Å². The summed E-state index contributed by atoms with van der Waals surface area (Å²) in [5.41, 5.74) is 8.53. The number of nitrogens with two attached hydrogens (primary N) is 1. The summed E-state index contributed by atoms with van der Waals surface area (Å²) in [6, 6.07) is 5.81. The van der Waals surface area contributed by atoms with Gasteiger partial charge >= 0.3 is 0 Å². The zero-order valence-corrected chi connectivity index (χ0v) is 11.1. The van der Waals surface area contributed by atoms with Crippen LogP contribution in [0.3, 0.4) is 0 Å². The van der Waals surface area contributed by atoms with Gasteiger partial charge in [-0.25, -0.2) is 0 Å². The Hall–Kier alpha value is -0.940. The SMILES string of the molecule is Cc1cccc(C(N)=S)c1NCCS(C)=O. The number of hydrogen-bond acceptors (Lipinski definition) is 3. The molecule has 0 bridgehead atoms. The molecular weight excluding hydrogens is 240 g/mol. The Labute approximate surface area is 104 Å². The van der Waals surface area contributed by atoms with Gasteiger partial charge in [-0.3, -0.25) is 4.21 Å². The van der Waals surface area contributed by atoms with Crippen molar-refractivity contribution in [1.29, 1.82) is 0 Å². The third-order valence-corrected chi connectivity index (χ3v) is 3.23. The Morgan fingerprint density at radius 3 is 2.81 bits per heavy atom. The summed E-state index contributed by atoms with van der Waals surface area (Å²) in [6.45, 7) is 2.65. The van der Waals surface area contributed by atoms with Gasteiger partial charge in [0.15, 0.2) is 0 Å². The van der Waals surface area contributed by atoms with Gasteiger partial charge in [-0.1, -0.05) is 24.4 Å². The summed E-state index contributed by atoms with van der Waals surface area (Å²) in [5.74, 6) is 0.616. The van der Waals surface area contributed by atoms with Gasteiger partial charge in [0, 0.05) is 40.6 Å². The molecule has 1 aromatic carbocycles. The summed E-state index contributed by atoms with van der Waals surface area (Å²) in [7, 11) is -0.790. The topological polar surface area (TPSA) is 55.1 Å². The Morgan fingerprint density at radius 2 is 2.25 bits per heavy atom. The molecule has 0 heterocycles. The lowest BCUT2D eigenvalue weighted by Gasteiger charge is -2.13. The fourth-order valence-electron chi connectivity index (χ4n) is 1.43. The molecule has 1 rings (SSSR count). The molecule has 16 heavy (non-hydrogen) atoms. The van der Waals surface area contributed by atoms with Crippen LogP contribution in [0.4, 0.5) is 5.69 Å². The van der Waals surface area contributed by atoms with E-state index in [2.05, 4.69) is 5.32 Å². The molecule has 3 nitrogen and oxygen atoms in total. The van der Waals surface area contributed by atoms with Gasteiger partial charge in [-0.15, -0.1) is 0 Å². The van der Waals surface area contributed by atoms with Crippen molar-refractivity contribution >= 4 is 33.7 Å². The number of anilines is 1. The van der Waals surface area contributed by atoms with E-state index in [4.69, 9.17) is 18.0 Å². The number of thiocarbonyl (C=S) groups is 1. The Balaban J connectivity index is 2.84. The second-order valence-corrected chi connectivity index (χ2v) is 5.56. The van der Waals surface area contributed by atoms with Crippen LogP contribution in [0.25, 0.3) is 0 Å². The number of nitrogens with one attached hydrogen (secondary N) is 1. The smallest absolute Gasteiger partial charge is 0.106 e. The van der Waals surface area contributed by atoms with Gasteiger partial charge in [0.05, 0.1) is 0 Å². The highest BCUT2D eigenvalue weighted by Crippen LogP contribution is 2.20. The minimum absolute atomic E-state index is 0.379. The second kappa shape index (κ2) is 5.96. The van der Waals surface area contributed by atoms with E-state index in [0.717, 1.165) is 16.8 Å². The lowest BCUT2D eigenvalue weighted by atomic mass is 10.1. The molecule has 0 radical (unpaired) electrons. The van der Waals surface area contributed by atoms with Crippen molar-refractivity contribution < 1.29 is 4.21 Å². The van der Waals surface area contributed by atoms with E-state index in [1.165, 1.54) is 0 Å². The van der Waals surface area contributed by atoms with Gasteiger partial charge in [0.1, 0.15) is 4.99 Å². The van der Waals surface area contributed by atoms with Crippen molar-refractivity contribution in [2.24, 2.45) is 5.73 Å². The molecule has 0 aliphatic carbocycles. The first-order chi connectivity index (χ1) is 7.52. The van der Waals surface area contributed by atoms with E-state index >= 15 is 0 Å². The molecule has 3 N–H and O–H groups in total. The number of hydrogen-bond donors (Lipinski definition) is 2. The van der Waals surface area contributed by atoms with Crippen LogP contribution in [0.2, 0.25) is 0 Å². The minimum atomic E-state index is -0.790. The van der Waals surface area contributed by atoms with Gasteiger partial charge in [0.2, 0.25) is 0 Å². The number of benzene rings is 1. The predicted molar refractivity (Wildman–Crippen MR) is 74.5 cm³/mol. The van der Waals surface area contributed by atoms with Crippen LogP contribution in [-0.2, 0) is 10.8 Å². The Morgan fingerprint density at radius 1 is 1.56 bits per heavy atom. The number of rotatable bonds is 5. The van der Waals surface area contributed by atoms with Gasteiger partial charge in [-0.05, 0) is 18.6 Å². The maximum atomic E-state index is 11.0. The highest BCUT2D eigenvalue weighted by molar-refractivity contribution is 7.84. The van der Waals surface area contributed by atoms with E-state index in [1.807, 2.05) is 25.1 Å². The highest BCUT2D eigenvalue weighted by Gasteiger charge is 2.07. The van der Waals surface area contributed by atoms with Gasteiger partial charge < -0.3 is 11.1 Å². The monoisotopic (exact) mass is 256 g/mol. The summed E-state index contributed by atoms with van der Waals surface area (Å²) in [4.78, 5) is 0.379. The standard InChI is InChI=1S/C11H16N2OS2/c1-8-4-3-5-9(11(12)15)10(8)13-6-7-16(2)14/h3-5,13H,6-7H2,1-2H3,(H2,12,15). The van der Waals surface area contributed by atoms with Crippen molar-refractivity contribution in [3.63, 3.8) is 0 Å². The van der Waals surface area contributed by atoms with E-state index in [0.29, 0.717) is 17.3 Å². The van der Waals surface area contributed by atoms with Crippen molar-refractivity contribution in [3.05, 3.63) is 29.3 Å². The summed E-state index contributed by atoms with van der Waals surface area (Å²) >= 11 is 4.99. The van der Waals surface area contributed by atoms with Crippen LogP contribution in [-0.4, -0.2) is 27.8 Å². The molecule has 5 heteroatoms. The molecule has 1 unspecified atom stereocenters. The van der Waals surface area contributed by atoms with Crippen LogP contribution < -0.4 is 11.1 Å². The lowest BCUT2D eigenvalue weighted by Crippen LogP contribution is -2.17. The van der Waals surface area contributed by atoms with E-state index < -0.39 is 10.8 Å². The van der Waals surface area contributed by atoms with E-state index in [-0.39, 0.29) is 0 Å². The highest BCUT2D eigenvalue weighted by atomic mass is 32.2. The largest absolute Gasteiger partial charge is 0.389 e. The maximum Gasteiger partial charge on any atom is 0.106 e. The summed E-state index contributed by atoms with van der Waals surface area (Å²) in [6.07, 6.45) is 1.69. The summed E-state index contributed by atoms with van der Waals surface area (Å²) < 4.78 is 11.0. The van der Waals surface area contributed by atoms with Gasteiger partial charge in [-0.2, -0.15) is 0 Å². The zero-order chi connectivity index (χ0) is 12.1. The van der Waals surface area contributed by atoms with Crippen LogP contribution in [0, 0.1) is 6.92 Å². The van der Waals surface area contributed by atoms with Crippen LogP contribution in [0.15, 0.2) is 18.2 Å². The predicted octanol–water partition coefficient (Wildman–Crippen LogP) is 1.42. The molecular formula is C11H16N2OS2. The van der Waals surface area contributed by atoms with Crippen molar-refractivity contribution in [2.45, 2.75) is 6.92 Å². The van der Waals surface area contributed by atoms with Crippen LogP contribution in [0.1, 0.15) is 11.1 Å². The van der Waals surface area contributed by atoms with Crippen molar-refractivity contribution in [1.82, 2.24) is 0 Å². The number of aryl methyl sites for hydroxylation is 1. The van der Waals surface area contributed by atoms with Gasteiger partial charge in [0.25, 0.3) is 0 Å². The normalized spacial score (nSPS) is 12.1. The third kappa shape index (κ3) is 3.57. The van der Waals surface area contributed by atoms with Crippen molar-refractivity contribution in [3.8, 4) is 0 Å². The molecule has 1 aromatic rings. The Kier molecular flexibility index (Phi) is 4.89. The second-order valence-electron chi connectivity index (χ2n) is 3.57. The molecule has 0 aliphatic rings. The first kappa shape index (κ1) is 13.1. The first-order valence-corrected chi connectivity index (χ1v) is 7.09. The average Bonchev–Trinajstić information content (AvgIpc) is 2.19. The number of para-hydroxylation sites is 1. The maximum absolute atomic E-state index is 11.0. The molecule has 0 saturated carbocycles. The fraction of sp³-hybridized carbons (Fsp3) is 0.364. The van der Waals surface area contributed by atoms with E-state index in [1.54, 1.807) is 6.26 Å². The summed E-state index contributed by atoms with van der Waals surface area (Å²) in [5, 5.41) is 3.23. The molecule has 0 saturated heterocycles. The molecule has 0 amide bonds. The molecule has 0 aliphatic heterocycles.